The smallest absolute Gasteiger partial charge is 0.0587 e. The first-order valence-electron chi connectivity index (χ1n) is 7.88. The predicted octanol–water partition coefficient (Wildman–Crippen LogP) is 2.77. The summed E-state index contributed by atoms with van der Waals surface area (Å²) >= 11 is 0. The van der Waals surface area contributed by atoms with Gasteiger partial charge in [-0.2, -0.15) is 0 Å². The highest BCUT2D eigenvalue weighted by molar-refractivity contribution is 5.12. The van der Waals surface area contributed by atoms with Crippen molar-refractivity contribution in [1.29, 1.82) is 0 Å². The van der Waals surface area contributed by atoms with Crippen molar-refractivity contribution in [1.82, 2.24) is 5.32 Å². The lowest BCUT2D eigenvalue weighted by atomic mass is 9.82. The molecule has 19 heavy (non-hydrogen) atoms. The summed E-state index contributed by atoms with van der Waals surface area (Å²) in [5, 5.41) is 3.52. The summed E-state index contributed by atoms with van der Waals surface area (Å²) in [6.45, 7) is 4.64. The fourth-order valence-electron chi connectivity index (χ4n) is 3.21. The molecular formula is C16H29NO2. The van der Waals surface area contributed by atoms with Gasteiger partial charge in [-0.3, -0.25) is 0 Å². The van der Waals surface area contributed by atoms with Crippen LogP contribution in [0.15, 0.2) is 11.6 Å². The lowest BCUT2D eigenvalue weighted by Gasteiger charge is -2.26. The molecule has 0 radical (unpaired) electrons. The summed E-state index contributed by atoms with van der Waals surface area (Å²) < 4.78 is 10.6. The zero-order valence-electron chi connectivity index (χ0n) is 12.3. The number of hydrogen-bond donors (Lipinski definition) is 1. The molecule has 2 rings (SSSR count). The highest BCUT2D eigenvalue weighted by Gasteiger charge is 2.20. The first-order chi connectivity index (χ1) is 9.40. The molecule has 1 aliphatic heterocycles. The topological polar surface area (TPSA) is 30.5 Å². The van der Waals surface area contributed by atoms with Crippen molar-refractivity contribution in [2.24, 2.45) is 11.8 Å². The van der Waals surface area contributed by atoms with Crippen LogP contribution in [0.5, 0.6) is 0 Å². The number of rotatable bonds is 7. The van der Waals surface area contributed by atoms with E-state index in [0.29, 0.717) is 5.92 Å². The molecule has 2 fully saturated rings. The van der Waals surface area contributed by atoms with Crippen LogP contribution in [0, 0.1) is 11.8 Å². The van der Waals surface area contributed by atoms with Crippen LogP contribution in [0.1, 0.15) is 38.5 Å². The Kier molecular flexibility index (Phi) is 6.90. The van der Waals surface area contributed by atoms with Crippen molar-refractivity contribution in [3.05, 3.63) is 11.6 Å². The van der Waals surface area contributed by atoms with Crippen molar-refractivity contribution in [3.8, 4) is 0 Å². The molecule has 1 N–H and O–H groups in total. The van der Waals surface area contributed by atoms with Crippen molar-refractivity contribution >= 4 is 0 Å². The van der Waals surface area contributed by atoms with E-state index in [1.807, 2.05) is 0 Å². The predicted molar refractivity (Wildman–Crippen MR) is 78.3 cm³/mol. The minimum absolute atomic E-state index is 0.654. The number of nitrogens with one attached hydrogen (secondary N) is 1. The van der Waals surface area contributed by atoms with E-state index in [4.69, 9.17) is 9.47 Å². The van der Waals surface area contributed by atoms with Gasteiger partial charge < -0.3 is 14.8 Å². The van der Waals surface area contributed by atoms with Gasteiger partial charge in [-0.1, -0.05) is 30.9 Å². The maximum atomic E-state index is 5.50. The van der Waals surface area contributed by atoms with Crippen LogP contribution in [-0.2, 0) is 9.47 Å². The Labute approximate surface area is 117 Å². The summed E-state index contributed by atoms with van der Waals surface area (Å²) in [4.78, 5) is 0. The zero-order valence-corrected chi connectivity index (χ0v) is 12.3. The third kappa shape index (κ3) is 5.25. The van der Waals surface area contributed by atoms with Crippen LogP contribution in [-0.4, -0.2) is 40.0 Å². The van der Waals surface area contributed by atoms with Crippen molar-refractivity contribution in [2.45, 2.75) is 38.5 Å². The Morgan fingerprint density at radius 3 is 2.79 bits per heavy atom. The molecule has 1 atom stereocenters. The van der Waals surface area contributed by atoms with Crippen molar-refractivity contribution < 1.29 is 9.47 Å². The van der Waals surface area contributed by atoms with E-state index < -0.39 is 0 Å². The second-order valence-electron chi connectivity index (χ2n) is 5.87. The third-order valence-electron chi connectivity index (χ3n) is 4.36. The van der Waals surface area contributed by atoms with E-state index >= 15 is 0 Å². The molecule has 3 heteroatoms. The Morgan fingerprint density at radius 2 is 2.11 bits per heavy atom. The first-order valence-corrected chi connectivity index (χ1v) is 7.88. The Bertz CT molecular complexity index is 266. The van der Waals surface area contributed by atoms with Crippen molar-refractivity contribution in [3.63, 3.8) is 0 Å². The van der Waals surface area contributed by atoms with Gasteiger partial charge in [0.15, 0.2) is 0 Å². The maximum absolute atomic E-state index is 5.50. The minimum Gasteiger partial charge on any atom is -0.383 e. The zero-order chi connectivity index (χ0) is 13.3. The summed E-state index contributed by atoms with van der Waals surface area (Å²) in [6.07, 6.45) is 10.7. The Morgan fingerprint density at radius 1 is 1.26 bits per heavy atom. The quantitative estimate of drug-likeness (QED) is 0.568. The fraction of sp³-hybridized carbons (Fsp3) is 0.875. The van der Waals surface area contributed by atoms with E-state index in [9.17, 15) is 0 Å². The monoisotopic (exact) mass is 267 g/mol. The van der Waals surface area contributed by atoms with Gasteiger partial charge in [0.1, 0.15) is 0 Å². The van der Waals surface area contributed by atoms with Gasteiger partial charge in [0.2, 0.25) is 0 Å². The number of hydrogen-bond acceptors (Lipinski definition) is 3. The van der Waals surface area contributed by atoms with Crippen LogP contribution in [0.4, 0.5) is 0 Å². The Hall–Kier alpha value is -0.380. The molecule has 1 saturated carbocycles. The van der Waals surface area contributed by atoms with Crippen molar-refractivity contribution in [2.75, 3.05) is 40.0 Å². The Balaban J connectivity index is 1.87. The van der Waals surface area contributed by atoms with E-state index in [0.717, 1.165) is 38.8 Å². The largest absolute Gasteiger partial charge is 0.383 e. The average Bonchev–Trinajstić information content (AvgIpc) is 2.96. The highest BCUT2D eigenvalue weighted by atomic mass is 16.5. The van der Waals surface area contributed by atoms with Crippen LogP contribution in [0.2, 0.25) is 0 Å². The van der Waals surface area contributed by atoms with Gasteiger partial charge >= 0.3 is 0 Å². The van der Waals surface area contributed by atoms with E-state index in [1.165, 1.54) is 38.5 Å². The standard InChI is InChI=1S/C16H29NO2/c1-18-10-8-17-12-16(11-14-7-9-19-13-14)15-5-3-2-4-6-15/h11,14-15,17H,2-10,12-13H2,1H3/b16-11-. The van der Waals surface area contributed by atoms with Gasteiger partial charge in [0.05, 0.1) is 13.2 Å². The molecule has 0 spiro atoms. The van der Waals surface area contributed by atoms with Gasteiger partial charge in [-0.25, -0.2) is 0 Å². The highest BCUT2D eigenvalue weighted by Crippen LogP contribution is 2.31. The summed E-state index contributed by atoms with van der Waals surface area (Å²) in [6, 6.07) is 0. The fourth-order valence-corrected chi connectivity index (χ4v) is 3.21. The molecule has 3 nitrogen and oxygen atoms in total. The second-order valence-corrected chi connectivity index (χ2v) is 5.87. The van der Waals surface area contributed by atoms with E-state index in [1.54, 1.807) is 12.7 Å². The molecular weight excluding hydrogens is 238 g/mol. The molecule has 110 valence electrons. The molecule has 1 saturated heterocycles. The van der Waals surface area contributed by atoms with Crippen LogP contribution in [0.25, 0.3) is 0 Å². The lowest BCUT2D eigenvalue weighted by molar-refractivity contribution is 0.191. The number of ether oxygens (including phenoxy) is 2. The van der Waals surface area contributed by atoms with E-state index in [-0.39, 0.29) is 0 Å². The van der Waals surface area contributed by atoms with Gasteiger partial charge in [-0.05, 0) is 25.2 Å². The summed E-state index contributed by atoms with van der Waals surface area (Å²) in [5.74, 6) is 1.46. The molecule has 0 aromatic rings. The summed E-state index contributed by atoms with van der Waals surface area (Å²) in [7, 11) is 1.76. The molecule has 1 unspecified atom stereocenters. The third-order valence-corrected chi connectivity index (χ3v) is 4.36. The molecule has 1 heterocycles. The molecule has 0 aromatic heterocycles. The first kappa shape index (κ1) is 15.0. The maximum Gasteiger partial charge on any atom is 0.0587 e. The average molecular weight is 267 g/mol. The van der Waals surface area contributed by atoms with Crippen LogP contribution < -0.4 is 5.32 Å². The molecule has 0 aromatic carbocycles. The minimum atomic E-state index is 0.654. The molecule has 0 amide bonds. The van der Waals surface area contributed by atoms with Gasteiger partial charge in [0, 0.05) is 32.7 Å². The lowest BCUT2D eigenvalue weighted by Crippen LogP contribution is -2.26. The molecule has 1 aliphatic carbocycles. The molecule has 2 aliphatic rings. The second kappa shape index (κ2) is 8.72. The van der Waals surface area contributed by atoms with Crippen LogP contribution >= 0.6 is 0 Å². The summed E-state index contributed by atoms with van der Waals surface area (Å²) in [5.41, 5.74) is 1.63. The SMILES string of the molecule is COCCNC/C(=C/C1CCOC1)C1CCCCC1. The van der Waals surface area contributed by atoms with E-state index in [2.05, 4.69) is 11.4 Å². The van der Waals surface area contributed by atoms with Gasteiger partial charge in [0.25, 0.3) is 0 Å². The van der Waals surface area contributed by atoms with Gasteiger partial charge in [-0.15, -0.1) is 0 Å². The molecule has 0 bridgehead atoms. The normalized spacial score (nSPS) is 25.9. The number of methoxy groups -OCH3 is 1. The van der Waals surface area contributed by atoms with Crippen LogP contribution in [0.3, 0.4) is 0 Å².